The van der Waals surface area contributed by atoms with Crippen molar-refractivity contribution in [3.63, 3.8) is 0 Å². The van der Waals surface area contributed by atoms with E-state index in [2.05, 4.69) is 4.98 Å². The number of fused-ring (bicyclic) bond motifs is 3. The van der Waals surface area contributed by atoms with E-state index >= 15 is 0 Å². The van der Waals surface area contributed by atoms with E-state index < -0.39 is 0 Å². The highest BCUT2D eigenvalue weighted by atomic mass is 32.1. The molecule has 0 radical (unpaired) electrons. The zero-order valence-corrected chi connectivity index (χ0v) is 8.58. The van der Waals surface area contributed by atoms with Gasteiger partial charge >= 0.3 is 0 Å². The third kappa shape index (κ3) is 1.08. The van der Waals surface area contributed by atoms with Crippen molar-refractivity contribution in [1.29, 1.82) is 0 Å². The maximum Gasteiger partial charge on any atom is 0.151 e. The smallest absolute Gasteiger partial charge is 0.151 e. The lowest BCUT2D eigenvalue weighted by atomic mass is 10.2. The molecule has 0 aliphatic heterocycles. The molecule has 0 saturated carbocycles. The van der Waals surface area contributed by atoms with Gasteiger partial charge in [-0.05, 0) is 6.07 Å². The Labute approximate surface area is 89.8 Å². The molecule has 3 aromatic rings. The molecule has 1 aromatic carbocycles. The van der Waals surface area contributed by atoms with Gasteiger partial charge in [-0.1, -0.05) is 18.2 Å². The molecular formula is C11H8N2OS. The largest absolute Gasteiger partial charge is 0.505 e. The number of nitrogen functional groups attached to an aromatic ring is 1. The third-order valence-corrected chi connectivity index (χ3v) is 3.60. The van der Waals surface area contributed by atoms with Crippen molar-refractivity contribution in [2.75, 3.05) is 5.73 Å². The lowest BCUT2D eigenvalue weighted by molar-refractivity contribution is 0.480. The molecule has 0 spiro atoms. The van der Waals surface area contributed by atoms with Gasteiger partial charge in [0.05, 0.1) is 10.9 Å². The lowest BCUT2D eigenvalue weighted by Gasteiger charge is -1.97. The summed E-state index contributed by atoms with van der Waals surface area (Å²) in [6.45, 7) is 0. The van der Waals surface area contributed by atoms with Gasteiger partial charge in [0.2, 0.25) is 0 Å². The molecule has 0 fully saturated rings. The second-order valence-electron chi connectivity index (χ2n) is 3.33. The Kier molecular flexibility index (Phi) is 1.61. The van der Waals surface area contributed by atoms with Crippen LogP contribution in [0.5, 0.6) is 5.75 Å². The first kappa shape index (κ1) is 8.49. The van der Waals surface area contributed by atoms with E-state index in [0.717, 1.165) is 20.2 Å². The average molecular weight is 216 g/mol. The summed E-state index contributed by atoms with van der Waals surface area (Å²) in [5.74, 6) is 0.667. The fourth-order valence-corrected chi connectivity index (χ4v) is 2.85. The first-order valence-electron chi connectivity index (χ1n) is 4.52. The Morgan fingerprint density at radius 2 is 2.07 bits per heavy atom. The second-order valence-corrected chi connectivity index (χ2v) is 4.38. The Bertz CT molecular complexity index is 660. The van der Waals surface area contributed by atoms with Crippen LogP contribution in [0.4, 0.5) is 5.82 Å². The summed E-state index contributed by atoms with van der Waals surface area (Å²) in [5.41, 5.74) is 5.82. The van der Waals surface area contributed by atoms with Crippen molar-refractivity contribution < 1.29 is 5.11 Å². The molecule has 3 N–H and O–H groups in total. The lowest BCUT2D eigenvalue weighted by Crippen LogP contribution is -1.89. The van der Waals surface area contributed by atoms with Crippen LogP contribution in [0.1, 0.15) is 0 Å². The molecule has 0 aliphatic carbocycles. The number of rotatable bonds is 0. The minimum Gasteiger partial charge on any atom is -0.505 e. The summed E-state index contributed by atoms with van der Waals surface area (Å²) >= 11 is 1.53. The van der Waals surface area contributed by atoms with Crippen molar-refractivity contribution in [2.24, 2.45) is 0 Å². The van der Waals surface area contributed by atoms with E-state index in [4.69, 9.17) is 5.73 Å². The fraction of sp³-hybridized carbons (Fsp3) is 0. The van der Waals surface area contributed by atoms with Crippen LogP contribution < -0.4 is 5.73 Å². The van der Waals surface area contributed by atoms with Crippen molar-refractivity contribution in [2.45, 2.75) is 0 Å². The van der Waals surface area contributed by atoms with Crippen molar-refractivity contribution >= 4 is 37.3 Å². The summed E-state index contributed by atoms with van der Waals surface area (Å²) in [7, 11) is 0. The molecule has 0 aliphatic rings. The van der Waals surface area contributed by atoms with Crippen LogP contribution in [0.25, 0.3) is 20.2 Å². The molecular weight excluding hydrogens is 208 g/mol. The number of pyridine rings is 1. The van der Waals surface area contributed by atoms with Crippen molar-refractivity contribution in [1.82, 2.24) is 4.98 Å². The molecule has 15 heavy (non-hydrogen) atoms. The first-order valence-corrected chi connectivity index (χ1v) is 5.33. The number of nitrogens with two attached hydrogens (primary N) is 1. The molecule has 0 atom stereocenters. The van der Waals surface area contributed by atoms with Crippen LogP contribution in [0, 0.1) is 0 Å². The Morgan fingerprint density at radius 1 is 1.27 bits per heavy atom. The Morgan fingerprint density at radius 3 is 2.93 bits per heavy atom. The normalized spacial score (nSPS) is 11.2. The van der Waals surface area contributed by atoms with Crippen LogP contribution in [0.2, 0.25) is 0 Å². The monoisotopic (exact) mass is 216 g/mol. The average Bonchev–Trinajstić information content (AvgIpc) is 2.64. The molecule has 0 bridgehead atoms. The molecule has 0 saturated heterocycles. The number of thiophene rings is 1. The van der Waals surface area contributed by atoms with Crippen LogP contribution in [0.15, 0.2) is 30.5 Å². The minimum atomic E-state index is 0.195. The first-order chi connectivity index (χ1) is 7.27. The number of hydrogen-bond acceptors (Lipinski definition) is 4. The molecule has 3 nitrogen and oxygen atoms in total. The van der Waals surface area contributed by atoms with Crippen LogP contribution in [-0.4, -0.2) is 10.1 Å². The topological polar surface area (TPSA) is 59.1 Å². The highest BCUT2D eigenvalue weighted by Crippen LogP contribution is 2.40. The molecule has 2 heterocycles. The van der Waals surface area contributed by atoms with E-state index in [9.17, 15) is 5.11 Å². The van der Waals surface area contributed by atoms with E-state index in [-0.39, 0.29) is 5.75 Å². The standard InChI is InChI=1S/C11H8N2OS/c12-11-9-6-3-1-2-4-8(6)15-10(9)7(14)5-13-11/h1-5,14H,(H2,12,13). The van der Waals surface area contributed by atoms with Gasteiger partial charge in [-0.25, -0.2) is 4.98 Å². The molecule has 0 unspecified atom stereocenters. The van der Waals surface area contributed by atoms with E-state index in [1.54, 1.807) is 0 Å². The fourth-order valence-electron chi connectivity index (χ4n) is 1.73. The summed E-state index contributed by atoms with van der Waals surface area (Å²) in [4.78, 5) is 3.96. The molecule has 2 aromatic heterocycles. The highest BCUT2D eigenvalue weighted by molar-refractivity contribution is 7.26. The summed E-state index contributed by atoms with van der Waals surface area (Å²) < 4.78 is 1.92. The maximum absolute atomic E-state index is 9.69. The zero-order chi connectivity index (χ0) is 10.4. The quantitative estimate of drug-likeness (QED) is 0.607. The SMILES string of the molecule is Nc1ncc(O)c2sc3ccccc3c12. The van der Waals surface area contributed by atoms with Gasteiger partial charge in [0.25, 0.3) is 0 Å². The number of benzene rings is 1. The molecule has 3 rings (SSSR count). The predicted molar refractivity (Wildman–Crippen MR) is 63.2 cm³/mol. The second kappa shape index (κ2) is 2.84. The number of aromatic hydroxyl groups is 1. The summed E-state index contributed by atoms with van der Waals surface area (Å²) in [6, 6.07) is 7.93. The van der Waals surface area contributed by atoms with Gasteiger partial charge < -0.3 is 10.8 Å². The van der Waals surface area contributed by atoms with Gasteiger partial charge in [-0.15, -0.1) is 11.3 Å². The minimum absolute atomic E-state index is 0.195. The van der Waals surface area contributed by atoms with E-state index in [0.29, 0.717) is 5.82 Å². The number of anilines is 1. The molecule has 4 heteroatoms. The summed E-state index contributed by atoms with van der Waals surface area (Å²) in [6.07, 6.45) is 1.40. The van der Waals surface area contributed by atoms with Gasteiger partial charge in [-0.3, -0.25) is 0 Å². The van der Waals surface area contributed by atoms with Crippen LogP contribution in [-0.2, 0) is 0 Å². The van der Waals surface area contributed by atoms with Gasteiger partial charge in [-0.2, -0.15) is 0 Å². The van der Waals surface area contributed by atoms with Crippen LogP contribution >= 0.6 is 11.3 Å². The highest BCUT2D eigenvalue weighted by Gasteiger charge is 2.11. The van der Waals surface area contributed by atoms with E-state index in [1.807, 2.05) is 24.3 Å². The molecule has 0 amide bonds. The Hall–Kier alpha value is -1.81. The summed E-state index contributed by atoms with van der Waals surface area (Å²) in [5, 5.41) is 11.6. The van der Waals surface area contributed by atoms with Gasteiger partial charge in [0, 0.05) is 15.5 Å². The van der Waals surface area contributed by atoms with Crippen LogP contribution in [0.3, 0.4) is 0 Å². The number of nitrogens with zero attached hydrogens (tertiary/aromatic N) is 1. The Balaban J connectivity index is 2.66. The number of hydrogen-bond donors (Lipinski definition) is 2. The third-order valence-electron chi connectivity index (χ3n) is 2.41. The number of aromatic nitrogens is 1. The molecule has 74 valence electrons. The predicted octanol–water partition coefficient (Wildman–Crippen LogP) is 2.74. The zero-order valence-electron chi connectivity index (χ0n) is 7.77. The van der Waals surface area contributed by atoms with Crippen molar-refractivity contribution in [3.8, 4) is 5.75 Å². The van der Waals surface area contributed by atoms with E-state index in [1.165, 1.54) is 17.5 Å². The van der Waals surface area contributed by atoms with Crippen molar-refractivity contribution in [3.05, 3.63) is 30.5 Å². The van der Waals surface area contributed by atoms with Gasteiger partial charge in [0.1, 0.15) is 5.82 Å². The maximum atomic E-state index is 9.69. The van der Waals surface area contributed by atoms with Gasteiger partial charge in [0.15, 0.2) is 5.75 Å².